The van der Waals surface area contributed by atoms with E-state index in [2.05, 4.69) is 97.1 Å². The Kier molecular flexibility index (Phi) is 12.4. The van der Waals surface area contributed by atoms with Crippen LogP contribution in [0.1, 0.15) is 64.5 Å². The smallest absolute Gasteiger partial charge is 0.162 e. The van der Waals surface area contributed by atoms with Gasteiger partial charge in [0.25, 0.3) is 0 Å². The van der Waals surface area contributed by atoms with E-state index in [0.29, 0.717) is 0 Å². The molecule has 0 saturated heterocycles. The van der Waals surface area contributed by atoms with Crippen LogP contribution in [0.5, 0.6) is 0 Å². The summed E-state index contributed by atoms with van der Waals surface area (Å²) in [5.41, 5.74) is 8.85. The Hall–Kier alpha value is -3.89. The largest absolute Gasteiger partial charge is 0.512 e. The summed E-state index contributed by atoms with van der Waals surface area (Å²) in [6.07, 6.45) is 9.07. The number of benzene rings is 4. The Morgan fingerprint density at radius 3 is 2.22 bits per heavy atom. The van der Waals surface area contributed by atoms with E-state index < -0.39 is 0 Å². The number of fused-ring (bicyclic) bond motifs is 6. The molecule has 0 atom stereocenters. The number of rotatable bonds is 9. The molecule has 1 aliphatic carbocycles. The quantitative estimate of drug-likeness (QED) is 0.0896. The molecular formula is C44H44IrNO2S-. The molecule has 5 heteroatoms. The van der Waals surface area contributed by atoms with E-state index in [4.69, 9.17) is 4.98 Å². The fraction of sp³-hybridized carbons (Fsp3) is 0.273. The molecule has 0 fully saturated rings. The minimum atomic E-state index is 0. The summed E-state index contributed by atoms with van der Waals surface area (Å²) in [6, 6.07) is 36.2. The van der Waals surface area contributed by atoms with Crippen LogP contribution in [0.25, 0.3) is 53.7 Å². The van der Waals surface area contributed by atoms with Crippen LogP contribution in [-0.4, -0.2) is 15.9 Å². The van der Waals surface area contributed by atoms with Crippen molar-refractivity contribution >= 4 is 38.0 Å². The van der Waals surface area contributed by atoms with Gasteiger partial charge < -0.3 is 5.11 Å². The van der Waals surface area contributed by atoms with Crippen LogP contribution in [0.4, 0.5) is 0 Å². The number of hydrogen-bond donors (Lipinski definition) is 1. The monoisotopic (exact) mass is 843 g/mol. The van der Waals surface area contributed by atoms with Crippen molar-refractivity contribution < 1.29 is 30.0 Å². The number of pyridine rings is 1. The molecule has 0 saturated carbocycles. The molecule has 3 nitrogen and oxygen atoms in total. The molecule has 0 aliphatic heterocycles. The van der Waals surface area contributed by atoms with Gasteiger partial charge in [-0.05, 0) is 72.2 Å². The first kappa shape index (κ1) is 36.4. The van der Waals surface area contributed by atoms with E-state index in [9.17, 15) is 9.90 Å². The summed E-state index contributed by atoms with van der Waals surface area (Å²) < 4.78 is 1.27. The van der Waals surface area contributed by atoms with Gasteiger partial charge in [-0.3, -0.25) is 9.78 Å². The third-order valence-electron chi connectivity index (χ3n) is 9.81. The fourth-order valence-electron chi connectivity index (χ4n) is 6.95. The van der Waals surface area contributed by atoms with Crippen LogP contribution < -0.4 is 0 Å². The zero-order valence-electron chi connectivity index (χ0n) is 28.8. The van der Waals surface area contributed by atoms with Crippen molar-refractivity contribution in [2.75, 3.05) is 0 Å². The molecule has 0 spiro atoms. The summed E-state index contributed by atoms with van der Waals surface area (Å²) in [7, 11) is 0. The molecular weight excluding hydrogens is 799 g/mol. The van der Waals surface area contributed by atoms with Crippen molar-refractivity contribution in [3.63, 3.8) is 0 Å². The third-order valence-corrected chi connectivity index (χ3v) is 11.1. The van der Waals surface area contributed by atoms with Gasteiger partial charge >= 0.3 is 0 Å². The van der Waals surface area contributed by atoms with E-state index in [-0.39, 0.29) is 43.5 Å². The topological polar surface area (TPSA) is 50.2 Å². The van der Waals surface area contributed by atoms with Crippen molar-refractivity contribution in [3.8, 4) is 32.8 Å². The molecule has 0 amide bonds. The zero-order chi connectivity index (χ0) is 33.6. The molecule has 253 valence electrons. The maximum absolute atomic E-state index is 11.7. The molecule has 7 rings (SSSR count). The van der Waals surface area contributed by atoms with Gasteiger partial charge in [0.05, 0.1) is 5.76 Å². The van der Waals surface area contributed by atoms with E-state index in [1.807, 2.05) is 45.2 Å². The van der Waals surface area contributed by atoms with Crippen LogP contribution in [0, 0.1) is 17.9 Å². The van der Waals surface area contributed by atoms with Crippen molar-refractivity contribution in [2.24, 2.45) is 11.8 Å². The number of aliphatic hydroxyl groups is 1. The van der Waals surface area contributed by atoms with E-state index in [1.165, 1.54) is 54.2 Å². The Bertz CT molecular complexity index is 2070. The molecule has 2 heterocycles. The number of ketones is 1. The molecule has 0 bridgehead atoms. The Balaban J connectivity index is 0.000000252. The van der Waals surface area contributed by atoms with Crippen LogP contribution in [0.15, 0.2) is 109 Å². The first-order valence-electron chi connectivity index (χ1n) is 17.4. The average Bonchev–Trinajstić information content (AvgIpc) is 3.52. The second kappa shape index (κ2) is 16.7. The number of aryl methyl sites for hydroxylation is 2. The summed E-state index contributed by atoms with van der Waals surface area (Å²) in [6.45, 7) is 8.07. The summed E-state index contributed by atoms with van der Waals surface area (Å²) in [5.74, 6) is 0.547. The summed E-state index contributed by atoms with van der Waals surface area (Å²) >= 11 is 1.89. The van der Waals surface area contributed by atoms with Crippen molar-refractivity contribution in [1.82, 2.24) is 4.98 Å². The van der Waals surface area contributed by atoms with Crippen LogP contribution in [0.3, 0.4) is 0 Å². The number of carbonyl (C=O) groups is 1. The van der Waals surface area contributed by atoms with Gasteiger partial charge in [0.15, 0.2) is 5.78 Å². The molecule has 2 aromatic heterocycles. The standard InChI is InChI=1S/C31H20NS.C13H24O2.Ir/c1-2-8-20(9-3-1)28-19-23(18-22-11-5-6-12-24(22)28)29-31-27(16-17-32-29)26-15-14-21-10-4-7-13-25(21)30(26)33-31;1-5-10(6-2)12(14)9-13(15)11(7-3)8-4;/h1-13,16-17,19H,14-15H2;9-11,14H,5-8H2,1-4H3;/q-1;;/b;12-9-;. The molecule has 1 aliphatic rings. The molecule has 4 aromatic carbocycles. The van der Waals surface area contributed by atoms with E-state index >= 15 is 0 Å². The van der Waals surface area contributed by atoms with Crippen LogP contribution >= 0.6 is 11.3 Å². The summed E-state index contributed by atoms with van der Waals surface area (Å²) in [5, 5.41) is 13.4. The minimum Gasteiger partial charge on any atom is -0.512 e. The first-order valence-corrected chi connectivity index (χ1v) is 18.2. The van der Waals surface area contributed by atoms with Gasteiger partial charge in [0.1, 0.15) is 0 Å². The van der Waals surface area contributed by atoms with Gasteiger partial charge in [-0.15, -0.1) is 34.9 Å². The average molecular weight is 843 g/mol. The minimum absolute atomic E-state index is 0. The second-order valence-electron chi connectivity index (χ2n) is 12.6. The number of allylic oxidation sites excluding steroid dienone is 2. The predicted molar refractivity (Wildman–Crippen MR) is 204 cm³/mol. The van der Waals surface area contributed by atoms with Gasteiger partial charge in [-0.25, -0.2) is 0 Å². The van der Waals surface area contributed by atoms with Gasteiger partial charge in [0, 0.05) is 59.5 Å². The van der Waals surface area contributed by atoms with Crippen LogP contribution in [-0.2, 0) is 37.7 Å². The second-order valence-corrected chi connectivity index (χ2v) is 13.6. The number of nitrogens with zero attached hydrogens (tertiary/aromatic N) is 1. The molecule has 6 aromatic rings. The normalized spacial score (nSPS) is 12.3. The van der Waals surface area contributed by atoms with E-state index in [0.717, 1.165) is 55.2 Å². The first-order chi connectivity index (χ1) is 23.5. The molecule has 49 heavy (non-hydrogen) atoms. The molecule has 1 radical (unpaired) electrons. The Labute approximate surface area is 308 Å². The van der Waals surface area contributed by atoms with Crippen LogP contribution in [0.2, 0.25) is 0 Å². The Morgan fingerprint density at radius 2 is 1.49 bits per heavy atom. The molecule has 1 N–H and O–H groups in total. The van der Waals surface area contributed by atoms with Crippen molar-refractivity contribution in [2.45, 2.75) is 66.2 Å². The van der Waals surface area contributed by atoms with Crippen molar-refractivity contribution in [1.29, 1.82) is 0 Å². The zero-order valence-corrected chi connectivity index (χ0v) is 32.0. The fourth-order valence-corrected chi connectivity index (χ4v) is 8.35. The van der Waals surface area contributed by atoms with Gasteiger partial charge in [-0.1, -0.05) is 117 Å². The van der Waals surface area contributed by atoms with Crippen molar-refractivity contribution in [3.05, 3.63) is 126 Å². The predicted octanol–water partition coefficient (Wildman–Crippen LogP) is 12.2. The maximum atomic E-state index is 11.7. The third kappa shape index (κ3) is 7.65. The number of aliphatic hydroxyl groups excluding tert-OH is 1. The van der Waals surface area contributed by atoms with Gasteiger partial charge in [-0.2, -0.15) is 0 Å². The number of carbonyl (C=O) groups excluding carboxylic acids is 1. The summed E-state index contributed by atoms with van der Waals surface area (Å²) in [4.78, 5) is 18.0. The number of aromatic nitrogens is 1. The molecule has 0 unspecified atom stereocenters. The van der Waals surface area contributed by atoms with Gasteiger partial charge in [0.2, 0.25) is 0 Å². The Morgan fingerprint density at radius 1 is 0.816 bits per heavy atom. The number of thiophene rings is 1. The number of hydrogen-bond acceptors (Lipinski definition) is 4. The van der Waals surface area contributed by atoms with E-state index in [1.54, 1.807) is 0 Å². The maximum Gasteiger partial charge on any atom is 0.162 e. The SMILES string of the molecule is CCC(CC)C(=O)/C=C(\O)C(CC)CC.[Ir].[c-]1c(-c2nccc3c4c(sc23)-c2ccccc2CC4)cc(-c2ccccc2)c2ccccc12.